The maximum absolute atomic E-state index is 12.7. The van der Waals surface area contributed by atoms with Gasteiger partial charge in [0.05, 0.1) is 25.2 Å². The molecule has 176 valence electrons. The van der Waals surface area contributed by atoms with Gasteiger partial charge >= 0.3 is 17.9 Å². The first-order chi connectivity index (χ1) is 14.9. The number of aliphatic carboxylic acids is 3. The average Bonchev–Trinajstić information content (AvgIpc) is 3.18. The van der Waals surface area contributed by atoms with E-state index in [0.717, 1.165) is 0 Å². The molecule has 0 bridgehead atoms. The molecule has 0 aliphatic rings. The van der Waals surface area contributed by atoms with E-state index in [1.165, 1.54) is 19.4 Å². The average molecular weight is 456 g/mol. The van der Waals surface area contributed by atoms with Crippen molar-refractivity contribution in [1.82, 2.24) is 25.9 Å². The molecule has 1 aromatic rings. The summed E-state index contributed by atoms with van der Waals surface area (Å²) in [7, 11) is 0. The molecule has 0 aromatic carbocycles. The molecule has 9 N–H and O–H groups in total. The molecule has 32 heavy (non-hydrogen) atoms. The van der Waals surface area contributed by atoms with Crippen LogP contribution in [0.2, 0.25) is 0 Å². The van der Waals surface area contributed by atoms with Crippen molar-refractivity contribution >= 4 is 35.6 Å². The Labute approximate surface area is 180 Å². The Bertz CT molecular complexity index is 857. The van der Waals surface area contributed by atoms with Gasteiger partial charge in [-0.05, 0) is 6.92 Å². The van der Waals surface area contributed by atoms with Crippen molar-refractivity contribution in [3.8, 4) is 0 Å². The highest BCUT2D eigenvalue weighted by Gasteiger charge is 2.30. The number of rotatable bonds is 13. The van der Waals surface area contributed by atoms with Gasteiger partial charge in [0.25, 0.3) is 0 Å². The van der Waals surface area contributed by atoms with E-state index in [9.17, 15) is 28.8 Å². The Morgan fingerprint density at radius 1 is 0.938 bits per heavy atom. The number of aromatic nitrogens is 2. The fraction of sp³-hybridized carbons (Fsp3) is 0.471. The van der Waals surface area contributed by atoms with Gasteiger partial charge in [0.1, 0.15) is 18.1 Å². The molecular formula is C17H24N6O9. The summed E-state index contributed by atoms with van der Waals surface area (Å²) >= 11 is 0. The summed E-state index contributed by atoms with van der Waals surface area (Å²) in [6.45, 7) is 1.22. The van der Waals surface area contributed by atoms with Crippen LogP contribution in [-0.2, 0) is 35.2 Å². The Morgan fingerprint density at radius 3 is 2.03 bits per heavy atom. The summed E-state index contributed by atoms with van der Waals surface area (Å²) < 4.78 is 0. The molecule has 0 saturated heterocycles. The van der Waals surface area contributed by atoms with Gasteiger partial charge in [-0.3, -0.25) is 24.0 Å². The number of nitrogens with one attached hydrogen (secondary N) is 4. The van der Waals surface area contributed by atoms with Crippen molar-refractivity contribution in [2.45, 2.75) is 50.4 Å². The number of hydrogen-bond donors (Lipinski definition) is 8. The van der Waals surface area contributed by atoms with Crippen molar-refractivity contribution in [3.05, 3.63) is 18.2 Å². The molecular weight excluding hydrogens is 432 g/mol. The number of carbonyl (C=O) groups is 6. The van der Waals surface area contributed by atoms with Crippen molar-refractivity contribution in [2.75, 3.05) is 0 Å². The number of aromatic amines is 1. The van der Waals surface area contributed by atoms with Gasteiger partial charge in [-0.25, -0.2) is 9.78 Å². The number of hydrogen-bond acceptors (Lipinski definition) is 8. The SMILES string of the molecule is CC(NC(=O)C(Cc1cnc[nH]1)NC(=O)C(N)CC(=O)O)C(=O)NC(CC(=O)O)C(=O)O. The number of carboxylic acids is 3. The van der Waals surface area contributed by atoms with Crippen LogP contribution in [0.15, 0.2) is 12.5 Å². The van der Waals surface area contributed by atoms with Crippen LogP contribution in [0.5, 0.6) is 0 Å². The van der Waals surface area contributed by atoms with E-state index < -0.39 is 72.6 Å². The molecule has 0 radical (unpaired) electrons. The first kappa shape index (κ1) is 26.0. The van der Waals surface area contributed by atoms with Crippen LogP contribution < -0.4 is 21.7 Å². The maximum atomic E-state index is 12.7. The second kappa shape index (κ2) is 12.0. The van der Waals surface area contributed by atoms with Gasteiger partial charge in [-0.15, -0.1) is 0 Å². The van der Waals surface area contributed by atoms with Crippen LogP contribution in [0.3, 0.4) is 0 Å². The van der Waals surface area contributed by atoms with Crippen molar-refractivity contribution in [1.29, 1.82) is 0 Å². The van der Waals surface area contributed by atoms with E-state index in [4.69, 9.17) is 21.1 Å². The second-order valence-electron chi connectivity index (χ2n) is 6.77. The molecule has 15 heteroatoms. The molecule has 0 saturated carbocycles. The van der Waals surface area contributed by atoms with E-state index >= 15 is 0 Å². The third-order valence-electron chi connectivity index (χ3n) is 4.09. The minimum absolute atomic E-state index is 0.109. The standard InChI is InChI=1S/C17H24N6O9/c1-7(14(28)23-11(17(31)32)4-13(26)27)21-16(30)10(2-8-5-19-6-20-8)22-15(29)9(18)3-12(24)25/h5-7,9-11H,2-4,18H2,1H3,(H,19,20)(H,21,30)(H,22,29)(H,23,28)(H,24,25)(H,26,27)(H,31,32). The fourth-order valence-electron chi connectivity index (χ4n) is 2.44. The molecule has 1 heterocycles. The lowest BCUT2D eigenvalue weighted by Crippen LogP contribution is -2.57. The van der Waals surface area contributed by atoms with Gasteiger partial charge in [-0.2, -0.15) is 0 Å². The van der Waals surface area contributed by atoms with Gasteiger partial charge in [0.2, 0.25) is 17.7 Å². The minimum atomic E-state index is -1.71. The summed E-state index contributed by atoms with van der Waals surface area (Å²) in [5.41, 5.74) is 5.93. The Hall–Kier alpha value is -4.01. The molecule has 3 amide bonds. The number of carboxylic acid groups (broad SMARTS) is 3. The van der Waals surface area contributed by atoms with Gasteiger partial charge in [0.15, 0.2) is 0 Å². The first-order valence-electron chi connectivity index (χ1n) is 9.21. The topological polar surface area (TPSA) is 254 Å². The molecule has 4 unspecified atom stereocenters. The summed E-state index contributed by atoms with van der Waals surface area (Å²) in [5.74, 6) is -7.09. The van der Waals surface area contributed by atoms with Crippen LogP contribution in [0.4, 0.5) is 0 Å². The first-order valence-corrected chi connectivity index (χ1v) is 9.21. The zero-order valence-electron chi connectivity index (χ0n) is 16.9. The largest absolute Gasteiger partial charge is 0.481 e. The van der Waals surface area contributed by atoms with Gasteiger partial charge in [-0.1, -0.05) is 0 Å². The maximum Gasteiger partial charge on any atom is 0.326 e. The monoisotopic (exact) mass is 456 g/mol. The Morgan fingerprint density at radius 2 is 1.53 bits per heavy atom. The van der Waals surface area contributed by atoms with Gasteiger partial charge in [0, 0.05) is 18.3 Å². The lowest BCUT2D eigenvalue weighted by atomic mass is 10.1. The number of imidazole rings is 1. The Kier molecular flexibility index (Phi) is 9.75. The van der Waals surface area contributed by atoms with Crippen LogP contribution in [0, 0.1) is 0 Å². The molecule has 0 aliphatic heterocycles. The molecule has 0 spiro atoms. The van der Waals surface area contributed by atoms with E-state index in [1.54, 1.807) is 0 Å². The predicted octanol–water partition coefficient (Wildman–Crippen LogP) is -3.21. The van der Waals surface area contributed by atoms with Crippen molar-refractivity contribution < 1.29 is 44.1 Å². The summed E-state index contributed by atoms with van der Waals surface area (Å²) in [6, 6.07) is -5.73. The molecule has 1 rings (SSSR count). The zero-order valence-corrected chi connectivity index (χ0v) is 16.9. The van der Waals surface area contributed by atoms with Crippen LogP contribution in [-0.4, -0.2) is 85.1 Å². The molecule has 15 nitrogen and oxygen atoms in total. The zero-order chi connectivity index (χ0) is 24.4. The van der Waals surface area contributed by atoms with Crippen molar-refractivity contribution in [3.63, 3.8) is 0 Å². The number of nitrogens with zero attached hydrogens (tertiary/aromatic N) is 1. The van der Waals surface area contributed by atoms with E-state index in [-0.39, 0.29) is 6.42 Å². The number of carbonyl (C=O) groups excluding carboxylic acids is 3. The van der Waals surface area contributed by atoms with Crippen LogP contribution in [0.1, 0.15) is 25.5 Å². The fourth-order valence-corrected chi connectivity index (χ4v) is 2.44. The smallest absolute Gasteiger partial charge is 0.326 e. The second-order valence-corrected chi connectivity index (χ2v) is 6.77. The number of nitrogens with two attached hydrogens (primary N) is 1. The van der Waals surface area contributed by atoms with Gasteiger partial charge < -0.3 is 42.0 Å². The van der Waals surface area contributed by atoms with Crippen LogP contribution in [0.25, 0.3) is 0 Å². The normalized spacial score (nSPS) is 14.3. The predicted molar refractivity (Wildman–Crippen MR) is 104 cm³/mol. The molecule has 1 aromatic heterocycles. The van der Waals surface area contributed by atoms with Crippen molar-refractivity contribution in [2.24, 2.45) is 5.73 Å². The molecule has 0 aliphatic carbocycles. The highest BCUT2D eigenvalue weighted by atomic mass is 16.4. The highest BCUT2D eigenvalue weighted by molar-refractivity contribution is 5.95. The minimum Gasteiger partial charge on any atom is -0.481 e. The van der Waals surface area contributed by atoms with E-state index in [2.05, 4.69) is 20.6 Å². The summed E-state index contributed by atoms with van der Waals surface area (Å²) in [5, 5.41) is 33.1. The third kappa shape index (κ3) is 8.78. The highest BCUT2D eigenvalue weighted by Crippen LogP contribution is 2.02. The van der Waals surface area contributed by atoms with E-state index in [1.807, 2.05) is 5.32 Å². The number of H-pyrrole nitrogens is 1. The lowest BCUT2D eigenvalue weighted by Gasteiger charge is -2.23. The van der Waals surface area contributed by atoms with Crippen LogP contribution >= 0.6 is 0 Å². The molecule has 0 fully saturated rings. The molecule has 4 atom stereocenters. The lowest BCUT2D eigenvalue weighted by molar-refractivity contribution is -0.147. The summed E-state index contributed by atoms with van der Waals surface area (Å²) in [6.07, 6.45) is 1.04. The quantitative estimate of drug-likeness (QED) is 0.146. The Balaban J connectivity index is 2.86. The van der Waals surface area contributed by atoms with E-state index in [0.29, 0.717) is 5.69 Å². The number of amides is 3. The summed E-state index contributed by atoms with van der Waals surface area (Å²) in [4.78, 5) is 76.1. The third-order valence-corrected chi connectivity index (χ3v) is 4.09.